The maximum atomic E-state index is 13.5. The summed E-state index contributed by atoms with van der Waals surface area (Å²) in [4.78, 5) is 19.3. The van der Waals surface area contributed by atoms with Crippen molar-refractivity contribution in [2.24, 2.45) is 0 Å². The van der Waals surface area contributed by atoms with E-state index in [9.17, 15) is 13.2 Å². The molecule has 3 heterocycles. The predicted molar refractivity (Wildman–Crippen MR) is 112 cm³/mol. The van der Waals surface area contributed by atoms with Crippen molar-refractivity contribution in [3.8, 4) is 0 Å². The molecule has 0 spiro atoms. The molecule has 0 fully saturated rings. The third-order valence-electron chi connectivity index (χ3n) is 4.57. The van der Waals surface area contributed by atoms with Crippen LogP contribution in [-0.2, 0) is 21.2 Å². The number of thiazole rings is 1. The number of nitrogens with zero attached hydrogens (tertiary/aromatic N) is 3. The van der Waals surface area contributed by atoms with Crippen LogP contribution in [0.15, 0.2) is 46.8 Å². The maximum Gasteiger partial charge on any atom is 0.303 e. The molecular formula is C19H16ClN3O4S2. The molecule has 1 aromatic carbocycles. The Morgan fingerprint density at radius 1 is 1.14 bits per heavy atom. The van der Waals surface area contributed by atoms with Gasteiger partial charge in [-0.3, -0.25) is 4.79 Å². The molecule has 0 bridgehead atoms. The normalized spacial score (nSPS) is 12.0. The Labute approximate surface area is 175 Å². The van der Waals surface area contributed by atoms with Gasteiger partial charge in [0.25, 0.3) is 10.0 Å². The number of benzene rings is 1. The van der Waals surface area contributed by atoms with E-state index in [1.165, 1.54) is 15.3 Å². The minimum Gasteiger partial charge on any atom is -0.481 e. The number of carboxylic acid groups (broad SMARTS) is 1. The Balaban J connectivity index is 1.81. The summed E-state index contributed by atoms with van der Waals surface area (Å²) in [5.41, 5.74) is 3.88. The zero-order chi connectivity index (χ0) is 20.6. The van der Waals surface area contributed by atoms with Gasteiger partial charge in [-0.25, -0.2) is 22.4 Å². The second-order valence-electron chi connectivity index (χ2n) is 6.53. The summed E-state index contributed by atoms with van der Waals surface area (Å²) >= 11 is 7.36. The highest BCUT2D eigenvalue weighted by Crippen LogP contribution is 2.29. The first-order chi connectivity index (χ1) is 13.9. The van der Waals surface area contributed by atoms with E-state index >= 15 is 0 Å². The zero-order valence-electron chi connectivity index (χ0n) is 15.1. The Bertz CT molecular complexity index is 1330. The molecule has 1 N–H and O–H groups in total. The van der Waals surface area contributed by atoms with Gasteiger partial charge in [-0.2, -0.15) is 0 Å². The molecule has 150 valence electrons. The number of rotatable bonds is 7. The standard InChI is InChI=1S/C19H16ClN3O4S2/c20-18-8-7-16-15(22-18)9-12(3-1-2-4-19(24)25)23(16)29(26,27)13-5-6-14-17(10-13)28-11-21-14/h5-11H,1-4H2,(H,24,25). The van der Waals surface area contributed by atoms with Crippen molar-refractivity contribution in [3.63, 3.8) is 0 Å². The van der Waals surface area contributed by atoms with Gasteiger partial charge in [-0.15, -0.1) is 11.3 Å². The molecule has 0 saturated carbocycles. The molecule has 0 aliphatic heterocycles. The van der Waals surface area contributed by atoms with Crippen molar-refractivity contribution in [2.75, 3.05) is 0 Å². The molecule has 3 aromatic heterocycles. The molecular weight excluding hydrogens is 434 g/mol. The molecule has 7 nitrogen and oxygen atoms in total. The Kier molecular flexibility index (Phi) is 5.28. The van der Waals surface area contributed by atoms with Crippen LogP contribution in [0.2, 0.25) is 5.15 Å². The van der Waals surface area contributed by atoms with Crippen LogP contribution in [0.5, 0.6) is 0 Å². The second kappa shape index (κ2) is 7.74. The molecule has 0 aliphatic rings. The van der Waals surface area contributed by atoms with Gasteiger partial charge < -0.3 is 5.11 Å². The zero-order valence-corrected chi connectivity index (χ0v) is 17.5. The lowest BCUT2D eigenvalue weighted by Gasteiger charge is -2.12. The van der Waals surface area contributed by atoms with Gasteiger partial charge in [0.2, 0.25) is 0 Å². The van der Waals surface area contributed by atoms with Gasteiger partial charge in [-0.05, 0) is 55.7 Å². The van der Waals surface area contributed by atoms with E-state index in [4.69, 9.17) is 16.7 Å². The molecule has 0 unspecified atom stereocenters. The fraction of sp³-hybridized carbons (Fsp3) is 0.211. The molecule has 0 atom stereocenters. The van der Waals surface area contributed by atoms with Crippen molar-refractivity contribution in [3.05, 3.63) is 52.8 Å². The minimum absolute atomic E-state index is 0.0408. The van der Waals surface area contributed by atoms with Crippen LogP contribution < -0.4 is 0 Å². The molecule has 4 rings (SSSR count). The Morgan fingerprint density at radius 2 is 1.97 bits per heavy atom. The van der Waals surface area contributed by atoms with E-state index in [-0.39, 0.29) is 16.5 Å². The van der Waals surface area contributed by atoms with Crippen molar-refractivity contribution in [1.82, 2.24) is 13.9 Å². The van der Waals surface area contributed by atoms with Gasteiger partial charge in [0.15, 0.2) is 0 Å². The average molecular weight is 450 g/mol. The summed E-state index contributed by atoms with van der Waals surface area (Å²) in [5, 5.41) is 9.10. The number of aliphatic carboxylic acids is 1. The third kappa shape index (κ3) is 3.85. The minimum atomic E-state index is -3.89. The first-order valence-corrected chi connectivity index (χ1v) is 11.5. The summed E-state index contributed by atoms with van der Waals surface area (Å²) in [5.74, 6) is -0.871. The van der Waals surface area contributed by atoms with E-state index in [0.717, 1.165) is 10.2 Å². The van der Waals surface area contributed by atoms with Crippen LogP contribution in [0.4, 0.5) is 0 Å². The number of halogens is 1. The fourth-order valence-corrected chi connectivity index (χ4v) is 5.76. The monoisotopic (exact) mass is 449 g/mol. The SMILES string of the molecule is O=C(O)CCCCc1cc2nc(Cl)ccc2n1S(=O)(=O)c1ccc2ncsc2c1. The predicted octanol–water partition coefficient (Wildman–Crippen LogP) is 4.33. The summed E-state index contributed by atoms with van der Waals surface area (Å²) in [6, 6.07) is 9.73. The number of fused-ring (bicyclic) bond motifs is 2. The van der Waals surface area contributed by atoms with E-state index in [2.05, 4.69) is 9.97 Å². The van der Waals surface area contributed by atoms with Crippen molar-refractivity contribution in [1.29, 1.82) is 0 Å². The summed E-state index contributed by atoms with van der Waals surface area (Å²) in [6.45, 7) is 0. The van der Waals surface area contributed by atoms with Crippen molar-refractivity contribution >= 4 is 60.2 Å². The maximum absolute atomic E-state index is 13.5. The van der Waals surface area contributed by atoms with E-state index < -0.39 is 16.0 Å². The number of pyridine rings is 1. The Morgan fingerprint density at radius 3 is 2.76 bits per heavy atom. The lowest BCUT2D eigenvalue weighted by Crippen LogP contribution is -2.16. The average Bonchev–Trinajstić information content (AvgIpc) is 3.28. The van der Waals surface area contributed by atoms with Gasteiger partial charge in [0.1, 0.15) is 5.15 Å². The van der Waals surface area contributed by atoms with Crippen LogP contribution in [-0.4, -0.2) is 33.4 Å². The molecule has 4 aromatic rings. The van der Waals surface area contributed by atoms with Crippen LogP contribution in [0, 0.1) is 0 Å². The van der Waals surface area contributed by atoms with Crippen molar-refractivity contribution in [2.45, 2.75) is 30.6 Å². The Hall–Kier alpha value is -2.49. The van der Waals surface area contributed by atoms with Crippen LogP contribution in [0.3, 0.4) is 0 Å². The first kappa shape index (κ1) is 19.8. The van der Waals surface area contributed by atoms with Crippen LogP contribution in [0.1, 0.15) is 25.0 Å². The topological polar surface area (TPSA) is 102 Å². The van der Waals surface area contributed by atoms with Gasteiger partial charge >= 0.3 is 5.97 Å². The fourth-order valence-electron chi connectivity index (χ4n) is 3.23. The van der Waals surface area contributed by atoms with Gasteiger partial charge in [0.05, 0.1) is 31.7 Å². The lowest BCUT2D eigenvalue weighted by molar-refractivity contribution is -0.137. The summed E-state index contributed by atoms with van der Waals surface area (Å²) < 4.78 is 29.1. The van der Waals surface area contributed by atoms with E-state index in [0.29, 0.717) is 36.0 Å². The van der Waals surface area contributed by atoms with Gasteiger partial charge in [-0.1, -0.05) is 11.6 Å². The second-order valence-corrected chi connectivity index (χ2v) is 9.59. The number of hydrogen-bond donors (Lipinski definition) is 1. The number of carboxylic acids is 1. The highest BCUT2D eigenvalue weighted by Gasteiger charge is 2.24. The number of aryl methyl sites for hydroxylation is 1. The molecule has 0 radical (unpaired) electrons. The molecule has 0 amide bonds. The molecule has 10 heteroatoms. The molecule has 29 heavy (non-hydrogen) atoms. The number of carbonyl (C=O) groups is 1. The highest BCUT2D eigenvalue weighted by atomic mass is 35.5. The summed E-state index contributed by atoms with van der Waals surface area (Å²) in [6.07, 6.45) is 1.44. The van der Waals surface area contributed by atoms with Crippen molar-refractivity contribution < 1.29 is 18.3 Å². The quantitative estimate of drug-likeness (QED) is 0.332. The number of hydrogen-bond acceptors (Lipinski definition) is 6. The first-order valence-electron chi connectivity index (χ1n) is 8.84. The third-order valence-corrected chi connectivity index (χ3v) is 7.33. The number of aromatic nitrogens is 3. The van der Waals surface area contributed by atoms with Crippen LogP contribution >= 0.6 is 22.9 Å². The molecule has 0 aliphatic carbocycles. The summed E-state index contributed by atoms with van der Waals surface area (Å²) in [7, 11) is -3.89. The smallest absolute Gasteiger partial charge is 0.303 e. The van der Waals surface area contributed by atoms with E-state index in [1.807, 2.05) is 0 Å². The van der Waals surface area contributed by atoms with Crippen LogP contribution in [0.25, 0.3) is 21.3 Å². The molecule has 0 saturated heterocycles. The largest absolute Gasteiger partial charge is 0.481 e. The lowest BCUT2D eigenvalue weighted by atomic mass is 10.1. The van der Waals surface area contributed by atoms with E-state index in [1.54, 1.807) is 41.9 Å². The highest BCUT2D eigenvalue weighted by molar-refractivity contribution is 7.90. The van der Waals surface area contributed by atoms with Gasteiger partial charge in [0, 0.05) is 12.1 Å². The number of unbranched alkanes of at least 4 members (excludes halogenated alkanes) is 1.